The van der Waals surface area contributed by atoms with Gasteiger partial charge in [-0.1, -0.05) is 6.07 Å². The van der Waals surface area contributed by atoms with Crippen molar-refractivity contribution in [2.75, 3.05) is 6.61 Å². The Labute approximate surface area is 88.7 Å². The second kappa shape index (κ2) is 3.66. The monoisotopic (exact) mass is 202 g/mol. The molecular weight excluding hydrogens is 188 g/mol. The molecule has 3 heterocycles. The third kappa shape index (κ3) is 1.53. The molecule has 2 aromatic heterocycles. The third-order valence-electron chi connectivity index (χ3n) is 2.96. The van der Waals surface area contributed by atoms with Crippen LogP contribution in [0.15, 0.2) is 30.6 Å². The van der Waals surface area contributed by atoms with E-state index in [2.05, 4.69) is 15.6 Å². The molecule has 1 atom stereocenters. The minimum Gasteiger partial charge on any atom is -0.372 e. The maximum atomic E-state index is 5.77. The predicted molar refractivity (Wildman–Crippen MR) is 57.7 cm³/mol. The lowest BCUT2D eigenvalue weighted by Gasteiger charge is -2.22. The van der Waals surface area contributed by atoms with Gasteiger partial charge in [-0.25, -0.2) is 4.98 Å². The van der Waals surface area contributed by atoms with Crippen molar-refractivity contribution in [1.82, 2.24) is 9.38 Å². The van der Waals surface area contributed by atoms with Crippen LogP contribution in [0.4, 0.5) is 0 Å². The summed E-state index contributed by atoms with van der Waals surface area (Å²) in [5.41, 5.74) is 2.19. The Morgan fingerprint density at radius 1 is 1.33 bits per heavy atom. The lowest BCUT2D eigenvalue weighted by atomic mass is 10.1. The molecule has 2 aromatic rings. The third-order valence-corrected chi connectivity index (χ3v) is 2.96. The van der Waals surface area contributed by atoms with Crippen molar-refractivity contribution < 1.29 is 4.74 Å². The van der Waals surface area contributed by atoms with Crippen LogP contribution in [0.25, 0.3) is 5.65 Å². The van der Waals surface area contributed by atoms with Crippen molar-refractivity contribution in [3.05, 3.63) is 36.3 Å². The summed E-state index contributed by atoms with van der Waals surface area (Å²) in [5, 5.41) is 0. The van der Waals surface area contributed by atoms with Crippen LogP contribution in [0.1, 0.15) is 31.1 Å². The van der Waals surface area contributed by atoms with E-state index in [4.69, 9.17) is 4.74 Å². The van der Waals surface area contributed by atoms with Gasteiger partial charge in [0.25, 0.3) is 0 Å². The van der Waals surface area contributed by atoms with Crippen molar-refractivity contribution in [2.45, 2.75) is 25.4 Å². The summed E-state index contributed by atoms with van der Waals surface area (Å²) in [6.45, 7) is 0.880. The van der Waals surface area contributed by atoms with Crippen LogP contribution in [0.3, 0.4) is 0 Å². The summed E-state index contributed by atoms with van der Waals surface area (Å²) < 4.78 is 7.89. The van der Waals surface area contributed by atoms with E-state index in [-0.39, 0.29) is 6.10 Å². The van der Waals surface area contributed by atoms with Gasteiger partial charge in [0.15, 0.2) is 0 Å². The quantitative estimate of drug-likeness (QED) is 0.710. The number of nitrogens with zero attached hydrogens (tertiary/aromatic N) is 2. The zero-order chi connectivity index (χ0) is 10.1. The Hall–Kier alpha value is -1.35. The Morgan fingerprint density at radius 2 is 2.33 bits per heavy atom. The molecule has 3 rings (SSSR count). The van der Waals surface area contributed by atoms with E-state index in [1.807, 2.05) is 24.4 Å². The highest BCUT2D eigenvalue weighted by Gasteiger charge is 2.19. The first-order valence-electron chi connectivity index (χ1n) is 5.49. The van der Waals surface area contributed by atoms with Gasteiger partial charge >= 0.3 is 0 Å². The summed E-state index contributed by atoms with van der Waals surface area (Å²) in [6, 6.07) is 6.06. The average molecular weight is 202 g/mol. The van der Waals surface area contributed by atoms with Crippen LogP contribution in [-0.2, 0) is 4.74 Å². The number of hydrogen-bond acceptors (Lipinski definition) is 2. The zero-order valence-electron chi connectivity index (χ0n) is 8.60. The molecule has 0 N–H and O–H groups in total. The summed E-state index contributed by atoms with van der Waals surface area (Å²) in [4.78, 5) is 4.38. The number of aromatic nitrogens is 2. The molecular formula is C12H14N2O. The SMILES string of the molecule is c1ccn2c(C3CCCCO3)cnc2c1. The molecule has 1 aliphatic rings. The lowest BCUT2D eigenvalue weighted by molar-refractivity contribution is 0.0118. The summed E-state index contributed by atoms with van der Waals surface area (Å²) in [6.07, 6.45) is 7.78. The van der Waals surface area contributed by atoms with Gasteiger partial charge in [0.2, 0.25) is 0 Å². The smallest absolute Gasteiger partial charge is 0.136 e. The number of ether oxygens (including phenoxy) is 1. The molecule has 1 fully saturated rings. The van der Waals surface area contributed by atoms with Gasteiger partial charge in [-0.05, 0) is 31.4 Å². The molecule has 1 aliphatic heterocycles. The molecule has 0 amide bonds. The summed E-state index contributed by atoms with van der Waals surface area (Å²) >= 11 is 0. The van der Waals surface area contributed by atoms with Gasteiger partial charge in [-0.15, -0.1) is 0 Å². The van der Waals surface area contributed by atoms with Crippen molar-refractivity contribution in [1.29, 1.82) is 0 Å². The normalized spacial score (nSPS) is 22.0. The van der Waals surface area contributed by atoms with Crippen molar-refractivity contribution in [2.24, 2.45) is 0 Å². The molecule has 1 saturated heterocycles. The largest absolute Gasteiger partial charge is 0.372 e. The Kier molecular flexibility index (Phi) is 2.18. The molecule has 0 saturated carbocycles. The maximum Gasteiger partial charge on any atom is 0.136 e. The minimum absolute atomic E-state index is 0.233. The lowest BCUT2D eigenvalue weighted by Crippen LogP contribution is -2.13. The molecule has 0 bridgehead atoms. The van der Waals surface area contributed by atoms with Gasteiger partial charge in [0.1, 0.15) is 5.65 Å². The number of imidazole rings is 1. The second-order valence-corrected chi connectivity index (χ2v) is 3.97. The fraction of sp³-hybridized carbons (Fsp3) is 0.417. The van der Waals surface area contributed by atoms with Crippen molar-refractivity contribution in [3.8, 4) is 0 Å². The maximum absolute atomic E-state index is 5.77. The van der Waals surface area contributed by atoms with Gasteiger partial charge in [-0.2, -0.15) is 0 Å². The van der Waals surface area contributed by atoms with Gasteiger partial charge in [0.05, 0.1) is 18.0 Å². The molecule has 3 nitrogen and oxygen atoms in total. The molecule has 0 aliphatic carbocycles. The molecule has 0 aromatic carbocycles. The average Bonchev–Trinajstić information content (AvgIpc) is 2.74. The van der Waals surface area contributed by atoms with Crippen LogP contribution in [0.2, 0.25) is 0 Å². The van der Waals surface area contributed by atoms with Gasteiger partial charge in [0, 0.05) is 12.8 Å². The van der Waals surface area contributed by atoms with Crippen LogP contribution in [-0.4, -0.2) is 16.0 Å². The fourth-order valence-corrected chi connectivity index (χ4v) is 2.16. The second-order valence-electron chi connectivity index (χ2n) is 3.97. The van der Waals surface area contributed by atoms with E-state index in [0.717, 1.165) is 18.7 Å². The fourth-order valence-electron chi connectivity index (χ4n) is 2.16. The molecule has 0 spiro atoms. The van der Waals surface area contributed by atoms with Crippen molar-refractivity contribution in [3.63, 3.8) is 0 Å². The number of fused-ring (bicyclic) bond motifs is 1. The number of pyridine rings is 1. The molecule has 1 unspecified atom stereocenters. The molecule has 0 radical (unpaired) electrons. The highest BCUT2D eigenvalue weighted by Crippen LogP contribution is 2.27. The van der Waals surface area contributed by atoms with Crippen molar-refractivity contribution >= 4 is 5.65 Å². The van der Waals surface area contributed by atoms with E-state index in [1.54, 1.807) is 0 Å². The van der Waals surface area contributed by atoms with Gasteiger partial charge < -0.3 is 9.14 Å². The number of rotatable bonds is 1. The van der Waals surface area contributed by atoms with Gasteiger partial charge in [-0.3, -0.25) is 0 Å². The minimum atomic E-state index is 0.233. The van der Waals surface area contributed by atoms with E-state index in [1.165, 1.54) is 18.5 Å². The van der Waals surface area contributed by atoms with Crippen LogP contribution in [0.5, 0.6) is 0 Å². The summed E-state index contributed by atoms with van der Waals surface area (Å²) in [7, 11) is 0. The predicted octanol–water partition coefficient (Wildman–Crippen LogP) is 2.58. The highest BCUT2D eigenvalue weighted by atomic mass is 16.5. The molecule has 15 heavy (non-hydrogen) atoms. The van der Waals surface area contributed by atoms with E-state index < -0.39 is 0 Å². The van der Waals surface area contributed by atoms with Crippen LogP contribution >= 0.6 is 0 Å². The Bertz CT molecular complexity index is 457. The highest BCUT2D eigenvalue weighted by molar-refractivity contribution is 5.40. The first kappa shape index (κ1) is 8.92. The van der Waals surface area contributed by atoms with E-state index in [0.29, 0.717) is 0 Å². The number of hydrogen-bond donors (Lipinski definition) is 0. The first-order chi connectivity index (χ1) is 7.45. The van der Waals surface area contributed by atoms with Crippen LogP contribution < -0.4 is 0 Å². The molecule has 3 heteroatoms. The zero-order valence-corrected chi connectivity index (χ0v) is 8.60. The summed E-state index contributed by atoms with van der Waals surface area (Å²) in [5.74, 6) is 0. The first-order valence-corrected chi connectivity index (χ1v) is 5.49. The standard InChI is InChI=1S/C12H14N2O/c1-3-7-14-10(9-13-12(14)6-1)11-5-2-4-8-15-11/h1,3,6-7,9,11H,2,4-5,8H2. The van der Waals surface area contributed by atoms with Crippen LogP contribution in [0, 0.1) is 0 Å². The topological polar surface area (TPSA) is 26.5 Å². The Balaban J connectivity index is 2.02. The molecule has 78 valence electrons. The van der Waals surface area contributed by atoms with E-state index >= 15 is 0 Å². The van der Waals surface area contributed by atoms with E-state index in [9.17, 15) is 0 Å². The Morgan fingerprint density at radius 3 is 3.20 bits per heavy atom.